The van der Waals surface area contributed by atoms with Gasteiger partial charge in [0.05, 0.1) is 6.61 Å². The van der Waals surface area contributed by atoms with Gasteiger partial charge in [-0.1, -0.05) is 48.5 Å². The second-order valence-corrected chi connectivity index (χ2v) is 6.84. The fraction of sp³-hybridized carbons (Fsp3) is 0.188. The van der Waals surface area contributed by atoms with Crippen LogP contribution in [0.15, 0.2) is 54.6 Å². The van der Waals surface area contributed by atoms with Crippen molar-refractivity contribution in [2.24, 2.45) is 0 Å². The van der Waals surface area contributed by atoms with E-state index in [1.165, 1.54) is 0 Å². The fourth-order valence-corrected chi connectivity index (χ4v) is 4.11. The molecule has 1 fully saturated rings. The molecule has 0 spiro atoms. The monoisotopic (exact) mass is 377 g/mol. The Labute approximate surface area is 130 Å². The minimum absolute atomic E-state index is 0.0568. The van der Waals surface area contributed by atoms with Crippen LogP contribution >= 0.6 is 22.6 Å². The third kappa shape index (κ3) is 1.52. The molecule has 2 aliphatic rings. The number of carbonyl (C=O) groups excluding carboxylic acids is 1. The Balaban J connectivity index is 1.84. The molecule has 4 rings (SSSR count). The quantitative estimate of drug-likeness (QED) is 0.433. The second kappa shape index (κ2) is 4.30. The Hall–Kier alpha value is -1.40. The van der Waals surface area contributed by atoms with Crippen molar-refractivity contribution in [3.05, 3.63) is 71.3 Å². The molecule has 0 saturated carbocycles. The average molecular weight is 377 g/mol. The highest BCUT2D eigenvalue weighted by atomic mass is 127. The van der Waals surface area contributed by atoms with E-state index in [0.717, 1.165) is 16.7 Å². The molecule has 2 aromatic carbocycles. The fourth-order valence-electron chi connectivity index (χ4n) is 2.99. The molecule has 2 aromatic rings. The highest BCUT2D eigenvalue weighted by Crippen LogP contribution is 2.53. The van der Waals surface area contributed by atoms with Crippen LogP contribution in [0, 0.1) is 0 Å². The Morgan fingerprint density at radius 1 is 1.10 bits per heavy atom. The summed E-state index contributed by atoms with van der Waals surface area (Å²) in [5.74, 6) is 0.0568. The van der Waals surface area contributed by atoms with Gasteiger partial charge in [-0.25, -0.2) is 0 Å². The molecule has 2 atom stereocenters. The molecule has 0 unspecified atom stereocenters. The van der Waals surface area contributed by atoms with Gasteiger partial charge in [0.25, 0.3) is 5.91 Å². The van der Waals surface area contributed by atoms with E-state index in [2.05, 4.69) is 22.6 Å². The van der Waals surface area contributed by atoms with E-state index in [-0.39, 0.29) is 15.7 Å². The molecule has 1 amide bonds. The Kier molecular flexibility index (Phi) is 2.65. The van der Waals surface area contributed by atoms with Crippen LogP contribution in [0.25, 0.3) is 0 Å². The molecule has 100 valence electrons. The number of rotatable bonds is 1. The maximum absolute atomic E-state index is 12.7. The maximum Gasteiger partial charge on any atom is 0.258 e. The van der Waals surface area contributed by atoms with Crippen molar-refractivity contribution in [2.45, 2.75) is 9.77 Å². The lowest BCUT2D eigenvalue weighted by molar-refractivity contribution is 0.0263. The van der Waals surface area contributed by atoms with Crippen molar-refractivity contribution >= 4 is 28.5 Å². The van der Waals surface area contributed by atoms with E-state index >= 15 is 0 Å². The van der Waals surface area contributed by atoms with E-state index in [0.29, 0.717) is 6.61 Å². The van der Waals surface area contributed by atoms with Gasteiger partial charge >= 0.3 is 0 Å². The zero-order chi connectivity index (χ0) is 13.7. The van der Waals surface area contributed by atoms with Crippen LogP contribution in [0.2, 0.25) is 0 Å². The number of carbonyl (C=O) groups is 1. The van der Waals surface area contributed by atoms with Gasteiger partial charge in [-0.2, -0.15) is 0 Å². The van der Waals surface area contributed by atoms with E-state index in [4.69, 9.17) is 4.74 Å². The largest absolute Gasteiger partial charge is 0.350 e. The van der Waals surface area contributed by atoms with Crippen molar-refractivity contribution in [1.82, 2.24) is 4.90 Å². The topological polar surface area (TPSA) is 29.5 Å². The van der Waals surface area contributed by atoms with Crippen LogP contribution in [-0.2, 0) is 8.28 Å². The van der Waals surface area contributed by atoms with Crippen LogP contribution in [0.1, 0.15) is 27.7 Å². The molecule has 3 nitrogen and oxygen atoms in total. The molecule has 1 saturated heterocycles. The summed E-state index contributed by atoms with van der Waals surface area (Å²) < 4.78 is 5.55. The average Bonchev–Trinajstić information content (AvgIpc) is 2.95. The summed E-state index contributed by atoms with van der Waals surface area (Å²) in [6.07, 6.45) is -0.298. The maximum atomic E-state index is 12.7. The van der Waals surface area contributed by atoms with Crippen molar-refractivity contribution in [2.75, 3.05) is 6.61 Å². The standard InChI is InChI=1S/C16H12INO2/c17-16-10-20-15(11-6-2-1-3-7-11)18(16)14(19)12-8-4-5-9-13(12)16/h1-9,15H,10H2/t15-,16-/m0/s1. The summed E-state index contributed by atoms with van der Waals surface area (Å²) in [6.45, 7) is 0.524. The zero-order valence-electron chi connectivity index (χ0n) is 10.6. The lowest BCUT2D eigenvalue weighted by Crippen LogP contribution is -2.36. The molecule has 2 heterocycles. The normalized spacial score (nSPS) is 27.6. The van der Waals surface area contributed by atoms with Crippen LogP contribution in [0.4, 0.5) is 0 Å². The van der Waals surface area contributed by atoms with E-state index in [1.807, 2.05) is 59.5 Å². The van der Waals surface area contributed by atoms with Gasteiger partial charge < -0.3 is 4.74 Å². The molecule has 20 heavy (non-hydrogen) atoms. The highest BCUT2D eigenvalue weighted by molar-refractivity contribution is 14.1. The van der Waals surface area contributed by atoms with Gasteiger partial charge in [0.2, 0.25) is 0 Å². The van der Waals surface area contributed by atoms with Gasteiger partial charge in [-0.05, 0) is 28.7 Å². The minimum atomic E-state index is -0.383. The summed E-state index contributed by atoms with van der Waals surface area (Å²) in [5, 5.41) is 0. The number of hydrogen-bond donors (Lipinski definition) is 0. The molecular formula is C16H12INO2. The van der Waals surface area contributed by atoms with Gasteiger partial charge in [0, 0.05) is 16.7 Å². The third-order valence-corrected chi connectivity index (χ3v) is 5.33. The third-order valence-electron chi connectivity index (χ3n) is 3.92. The van der Waals surface area contributed by atoms with E-state index in [9.17, 15) is 4.79 Å². The van der Waals surface area contributed by atoms with Crippen molar-refractivity contribution in [3.63, 3.8) is 0 Å². The first-order valence-electron chi connectivity index (χ1n) is 6.50. The minimum Gasteiger partial charge on any atom is -0.350 e. The SMILES string of the molecule is O=C1c2ccccc2[C@]2(I)CO[C@@H](c3ccccc3)N12. The van der Waals surface area contributed by atoms with E-state index in [1.54, 1.807) is 0 Å². The van der Waals surface area contributed by atoms with Gasteiger partial charge in [0.15, 0.2) is 6.23 Å². The molecule has 4 heteroatoms. The Morgan fingerprint density at radius 3 is 2.60 bits per heavy atom. The summed E-state index contributed by atoms with van der Waals surface area (Å²) >= 11 is 2.35. The van der Waals surface area contributed by atoms with E-state index < -0.39 is 0 Å². The number of alkyl halides is 1. The molecule has 0 N–H and O–H groups in total. The molecule has 0 aromatic heterocycles. The summed E-state index contributed by atoms with van der Waals surface area (Å²) in [5.41, 5.74) is 2.88. The van der Waals surface area contributed by atoms with Crippen LogP contribution in [-0.4, -0.2) is 17.4 Å². The lowest BCUT2D eigenvalue weighted by atomic mass is 10.1. The van der Waals surface area contributed by atoms with Crippen molar-refractivity contribution in [1.29, 1.82) is 0 Å². The Bertz CT molecular complexity index is 688. The number of hydrogen-bond acceptors (Lipinski definition) is 2. The predicted octanol–water partition coefficient (Wildman–Crippen LogP) is 3.46. The summed E-state index contributed by atoms with van der Waals surface area (Å²) in [7, 11) is 0. The van der Waals surface area contributed by atoms with Crippen LogP contribution in [0.5, 0.6) is 0 Å². The molecular weight excluding hydrogens is 365 g/mol. The first kappa shape index (κ1) is 12.3. The highest BCUT2D eigenvalue weighted by Gasteiger charge is 2.56. The number of benzene rings is 2. The summed E-state index contributed by atoms with van der Waals surface area (Å²) in [6, 6.07) is 17.7. The lowest BCUT2D eigenvalue weighted by Gasteiger charge is -2.28. The molecule has 0 bridgehead atoms. The van der Waals surface area contributed by atoms with Crippen molar-refractivity contribution < 1.29 is 9.53 Å². The van der Waals surface area contributed by atoms with Gasteiger partial charge in [0.1, 0.15) is 3.55 Å². The molecule has 0 radical (unpaired) electrons. The second-order valence-electron chi connectivity index (χ2n) is 5.05. The zero-order valence-corrected chi connectivity index (χ0v) is 12.8. The number of amides is 1. The van der Waals surface area contributed by atoms with Gasteiger partial charge in [-0.15, -0.1) is 0 Å². The van der Waals surface area contributed by atoms with Crippen molar-refractivity contribution in [3.8, 4) is 0 Å². The van der Waals surface area contributed by atoms with Gasteiger partial charge in [-0.3, -0.25) is 9.69 Å². The summed E-state index contributed by atoms with van der Waals surface area (Å²) in [4.78, 5) is 14.6. The van der Waals surface area contributed by atoms with Crippen LogP contribution in [0.3, 0.4) is 0 Å². The predicted molar refractivity (Wildman–Crippen MR) is 83.4 cm³/mol. The number of fused-ring (bicyclic) bond motifs is 3. The molecule has 0 aliphatic carbocycles. The smallest absolute Gasteiger partial charge is 0.258 e. The van der Waals surface area contributed by atoms with Crippen LogP contribution < -0.4 is 0 Å². The first-order valence-corrected chi connectivity index (χ1v) is 7.58. The molecule has 2 aliphatic heterocycles. The number of nitrogens with zero attached hydrogens (tertiary/aromatic N) is 1. The Morgan fingerprint density at radius 2 is 1.80 bits per heavy atom. The number of halogens is 1. The first-order chi connectivity index (χ1) is 9.72. The number of ether oxygens (including phenoxy) is 1.